The number of nitrogens with one attached hydrogen (secondary N) is 2. The minimum atomic E-state index is -0.617. The molecule has 6 aromatic rings. The van der Waals surface area contributed by atoms with Crippen LogP contribution in [0, 0.1) is 13.8 Å². The van der Waals surface area contributed by atoms with E-state index in [1.165, 1.54) is 6.92 Å². The molecule has 288 valence electrons. The van der Waals surface area contributed by atoms with Crippen molar-refractivity contribution in [2.24, 2.45) is 5.73 Å². The number of carbonyl (C=O) groups is 4. The third-order valence-corrected chi connectivity index (χ3v) is 10.1. The third-order valence-electron chi connectivity index (χ3n) is 10.1. The van der Waals surface area contributed by atoms with E-state index >= 15 is 0 Å². The molecule has 2 aliphatic heterocycles. The number of allylic oxidation sites excluding steroid dienone is 2. The van der Waals surface area contributed by atoms with Gasteiger partial charge in [-0.25, -0.2) is 9.97 Å². The number of anilines is 2. The van der Waals surface area contributed by atoms with E-state index in [0.29, 0.717) is 94.0 Å². The molecule has 3 amide bonds. The van der Waals surface area contributed by atoms with Crippen molar-refractivity contribution in [3.05, 3.63) is 82.5 Å². The number of carbonyl (C=O) groups excluding carboxylic acids is 4. The average molecular weight is 760 g/mol. The lowest BCUT2D eigenvalue weighted by Crippen LogP contribution is -2.26. The van der Waals surface area contributed by atoms with E-state index in [4.69, 9.17) is 25.2 Å². The summed E-state index contributed by atoms with van der Waals surface area (Å²) in [4.78, 5) is 61.1. The number of imidazole rings is 2. The average Bonchev–Trinajstić information content (AvgIpc) is 3.95. The summed E-state index contributed by atoms with van der Waals surface area (Å²) < 4.78 is 19.5. The van der Waals surface area contributed by atoms with Gasteiger partial charge >= 0.3 is 0 Å². The fraction of sp³-hybridized carbons (Fsp3) is 0.333. The van der Waals surface area contributed by atoms with Crippen molar-refractivity contribution < 1.29 is 28.7 Å². The first-order chi connectivity index (χ1) is 26.9. The van der Waals surface area contributed by atoms with Crippen molar-refractivity contribution in [3.8, 4) is 11.5 Å². The summed E-state index contributed by atoms with van der Waals surface area (Å²) in [7, 11) is 0. The second kappa shape index (κ2) is 14.1. The maximum absolute atomic E-state index is 13.6. The van der Waals surface area contributed by atoms with Crippen molar-refractivity contribution in [3.63, 3.8) is 0 Å². The molecule has 0 aliphatic carbocycles. The van der Waals surface area contributed by atoms with Gasteiger partial charge < -0.3 is 15.2 Å². The van der Waals surface area contributed by atoms with Crippen LogP contribution < -0.4 is 25.8 Å². The van der Waals surface area contributed by atoms with Gasteiger partial charge in [-0.15, -0.1) is 0 Å². The number of primary amides is 1. The van der Waals surface area contributed by atoms with Crippen LogP contribution in [-0.2, 0) is 13.1 Å². The van der Waals surface area contributed by atoms with Crippen molar-refractivity contribution in [2.75, 3.05) is 23.8 Å². The van der Waals surface area contributed by atoms with Gasteiger partial charge in [0, 0.05) is 24.2 Å². The Balaban J connectivity index is 1.08. The van der Waals surface area contributed by atoms with Gasteiger partial charge in [0.1, 0.15) is 47.1 Å². The lowest BCUT2D eigenvalue weighted by atomic mass is 10.1. The Labute approximate surface area is 320 Å². The quantitative estimate of drug-likeness (QED) is 0.110. The zero-order valence-corrected chi connectivity index (χ0v) is 31.6. The minimum absolute atomic E-state index is 0.123. The van der Waals surface area contributed by atoms with E-state index in [1.54, 1.807) is 45.8 Å². The van der Waals surface area contributed by atoms with Crippen LogP contribution in [0.5, 0.6) is 11.5 Å². The van der Waals surface area contributed by atoms with Gasteiger partial charge in [0.05, 0.1) is 34.5 Å². The molecule has 17 nitrogen and oxygen atoms in total. The number of hydrogen-bond donors (Lipinski definition) is 3. The van der Waals surface area contributed by atoms with Gasteiger partial charge in [-0.3, -0.25) is 48.3 Å². The number of rotatable bonds is 12. The number of ketones is 1. The van der Waals surface area contributed by atoms with Crippen LogP contribution in [0.4, 0.5) is 11.9 Å². The van der Waals surface area contributed by atoms with Crippen LogP contribution in [0.2, 0.25) is 0 Å². The summed E-state index contributed by atoms with van der Waals surface area (Å²) in [5.41, 5.74) is 10.9. The molecule has 6 heterocycles. The van der Waals surface area contributed by atoms with Gasteiger partial charge in [0.15, 0.2) is 5.78 Å². The first-order valence-corrected chi connectivity index (χ1v) is 18.5. The number of nitrogens with zero attached hydrogens (tertiary/aromatic N) is 8. The standard InChI is InChI=1S/C39H41N11O6/c1-6-47-29(12-20(3)45-47)36(53)43-38-41-27-14-23(22(5)51)16-31-33(27)49(38)25(18-55-31)10-8-9-11-26-19-56-32-17-24(35(40)52)15-28-34(32)50(26)39(42-28)44-37(54)30-13-21(4)46-48(30)7-2/h8-9,12-17,25-26H,6-7,10-11,18-19H2,1-5H3,(H2,40,52)(H,41,43,53)(H,42,44,54)/b9-8-/t25-,26-/m0/s1. The Bertz CT molecular complexity index is 2450. The Morgan fingerprint density at radius 1 is 0.732 bits per heavy atom. The highest BCUT2D eigenvalue weighted by atomic mass is 16.5. The molecule has 0 spiro atoms. The highest BCUT2D eigenvalue weighted by Crippen LogP contribution is 2.40. The largest absolute Gasteiger partial charge is 0.489 e. The van der Waals surface area contributed by atoms with E-state index in [9.17, 15) is 19.2 Å². The first-order valence-electron chi connectivity index (χ1n) is 18.5. The van der Waals surface area contributed by atoms with Gasteiger partial charge in [0.2, 0.25) is 17.8 Å². The minimum Gasteiger partial charge on any atom is -0.489 e. The lowest BCUT2D eigenvalue weighted by molar-refractivity contribution is 0.0994. The van der Waals surface area contributed by atoms with Crippen LogP contribution in [0.15, 0.2) is 48.6 Å². The molecule has 2 aliphatic rings. The molecule has 0 radical (unpaired) electrons. The number of nitrogens with two attached hydrogens (primary N) is 1. The van der Waals surface area contributed by atoms with Crippen LogP contribution in [0.25, 0.3) is 22.1 Å². The summed E-state index contributed by atoms with van der Waals surface area (Å²) in [6.45, 7) is 10.5. The summed E-state index contributed by atoms with van der Waals surface area (Å²) >= 11 is 0. The Morgan fingerprint density at radius 2 is 1.18 bits per heavy atom. The molecule has 17 heteroatoms. The fourth-order valence-electron chi connectivity index (χ4n) is 7.49. The van der Waals surface area contributed by atoms with Gasteiger partial charge in [-0.1, -0.05) is 12.2 Å². The summed E-state index contributed by atoms with van der Waals surface area (Å²) in [5.74, 6) is 0.147. The number of hydrogen-bond acceptors (Lipinski definition) is 10. The third kappa shape index (κ3) is 6.33. The predicted molar refractivity (Wildman–Crippen MR) is 207 cm³/mol. The lowest BCUT2D eigenvalue weighted by Gasteiger charge is -2.27. The molecule has 4 N–H and O–H groups in total. The molecule has 0 saturated carbocycles. The Kier molecular flexibility index (Phi) is 9.14. The second-order valence-corrected chi connectivity index (χ2v) is 14.0. The van der Waals surface area contributed by atoms with E-state index < -0.39 is 5.91 Å². The van der Waals surface area contributed by atoms with Crippen LogP contribution in [-0.4, -0.2) is 75.4 Å². The number of amides is 3. The predicted octanol–water partition coefficient (Wildman–Crippen LogP) is 5.15. The topological polar surface area (TPSA) is 208 Å². The van der Waals surface area contributed by atoms with E-state index in [-0.39, 0.29) is 48.5 Å². The Hall–Kier alpha value is -6.78. The number of aromatic nitrogens is 8. The van der Waals surface area contributed by atoms with Crippen molar-refractivity contribution in [1.82, 2.24) is 38.7 Å². The molecule has 8 rings (SSSR count). The van der Waals surface area contributed by atoms with Gasteiger partial charge in [-0.05, 0) is 83.9 Å². The highest BCUT2D eigenvalue weighted by molar-refractivity contribution is 6.05. The zero-order valence-electron chi connectivity index (χ0n) is 31.6. The monoisotopic (exact) mass is 759 g/mol. The fourth-order valence-corrected chi connectivity index (χ4v) is 7.49. The van der Waals surface area contributed by atoms with Crippen molar-refractivity contribution >= 4 is 57.5 Å². The molecule has 0 saturated heterocycles. The number of benzene rings is 2. The molecule has 2 aromatic carbocycles. The van der Waals surface area contributed by atoms with E-state index in [2.05, 4.69) is 20.8 Å². The zero-order chi connectivity index (χ0) is 39.4. The van der Waals surface area contributed by atoms with Crippen molar-refractivity contribution in [2.45, 2.75) is 72.6 Å². The number of ether oxygens (including phenoxy) is 2. The Morgan fingerprint density at radius 3 is 1.61 bits per heavy atom. The summed E-state index contributed by atoms with van der Waals surface area (Å²) in [6, 6.07) is 9.54. The van der Waals surface area contributed by atoms with Gasteiger partial charge in [-0.2, -0.15) is 10.2 Å². The molecule has 0 unspecified atom stereocenters. The van der Waals surface area contributed by atoms with E-state index in [0.717, 1.165) is 5.69 Å². The maximum atomic E-state index is 13.6. The summed E-state index contributed by atoms with van der Waals surface area (Å²) in [6.07, 6.45) is 5.10. The second-order valence-electron chi connectivity index (χ2n) is 14.0. The first kappa shape index (κ1) is 36.2. The molecule has 0 fully saturated rings. The smallest absolute Gasteiger partial charge is 0.276 e. The highest BCUT2D eigenvalue weighted by Gasteiger charge is 2.31. The molecular weight excluding hydrogens is 718 g/mol. The maximum Gasteiger partial charge on any atom is 0.276 e. The van der Waals surface area contributed by atoms with E-state index in [1.807, 2.05) is 49.0 Å². The molecule has 56 heavy (non-hydrogen) atoms. The SMILES string of the molecule is CCn1nc(C)cc1C(=O)Nc1nc2cc(C(C)=O)cc3c2n1[C@@H](C/C=C\C[C@H]1COc2cc(C(N)=O)cc4nc(NC(=O)c5cc(C)nn5CC)n1c24)CO3. The number of aryl methyl sites for hydroxylation is 4. The number of Topliss-reactive ketones (excluding diaryl/α,β-unsaturated/α-hetero) is 1. The normalized spacial score (nSPS) is 15.9. The molecule has 0 bridgehead atoms. The molecular formula is C39H41N11O6. The van der Waals surface area contributed by atoms with Crippen LogP contribution in [0.3, 0.4) is 0 Å². The summed E-state index contributed by atoms with van der Waals surface area (Å²) in [5, 5.41) is 14.8. The molecule has 2 atom stereocenters. The van der Waals surface area contributed by atoms with Crippen molar-refractivity contribution in [1.29, 1.82) is 0 Å². The molecule has 4 aromatic heterocycles. The van der Waals surface area contributed by atoms with Gasteiger partial charge in [0.25, 0.3) is 11.8 Å². The van der Waals surface area contributed by atoms with Crippen LogP contribution in [0.1, 0.15) is 98.8 Å². The van der Waals surface area contributed by atoms with Crippen LogP contribution >= 0.6 is 0 Å².